The van der Waals surface area contributed by atoms with Crippen molar-refractivity contribution in [3.63, 3.8) is 0 Å². The molecular weight excluding hydrogens is 290 g/mol. The van der Waals surface area contributed by atoms with Crippen LogP contribution in [-0.2, 0) is 6.54 Å². The van der Waals surface area contributed by atoms with Gasteiger partial charge in [-0.3, -0.25) is 4.79 Å². The molecule has 2 heterocycles. The summed E-state index contributed by atoms with van der Waals surface area (Å²) in [6.07, 6.45) is 5.14. The van der Waals surface area contributed by atoms with Crippen molar-refractivity contribution in [3.8, 4) is 0 Å². The smallest absolute Gasteiger partial charge is 0.287 e. The number of aromatic nitrogens is 2. The quantitative estimate of drug-likeness (QED) is 0.787. The molecule has 0 aromatic carbocycles. The van der Waals surface area contributed by atoms with Gasteiger partial charge in [0, 0.05) is 19.1 Å². The summed E-state index contributed by atoms with van der Waals surface area (Å²) in [5.41, 5.74) is 0.392. The van der Waals surface area contributed by atoms with E-state index in [2.05, 4.69) is 15.7 Å². The van der Waals surface area contributed by atoms with Crippen LogP contribution in [-0.4, -0.2) is 54.5 Å². The molecule has 0 bridgehead atoms. The zero-order valence-corrected chi connectivity index (χ0v) is 13.5. The van der Waals surface area contributed by atoms with Gasteiger partial charge in [0.1, 0.15) is 5.02 Å². The van der Waals surface area contributed by atoms with E-state index >= 15 is 0 Å². The van der Waals surface area contributed by atoms with E-state index < -0.39 is 0 Å². The zero-order chi connectivity index (χ0) is 15.2. The molecule has 1 saturated heterocycles. The van der Waals surface area contributed by atoms with Crippen LogP contribution in [0.25, 0.3) is 0 Å². The summed E-state index contributed by atoms with van der Waals surface area (Å²) >= 11 is 6.14. The van der Waals surface area contributed by atoms with Crippen molar-refractivity contribution in [3.05, 3.63) is 21.6 Å². The molecule has 21 heavy (non-hydrogen) atoms. The fourth-order valence-electron chi connectivity index (χ4n) is 2.43. The summed E-state index contributed by atoms with van der Waals surface area (Å²) in [5.74, 6) is 0. The molecule has 0 unspecified atom stereocenters. The van der Waals surface area contributed by atoms with Crippen molar-refractivity contribution >= 4 is 17.3 Å². The molecule has 0 amide bonds. The first-order valence-corrected chi connectivity index (χ1v) is 7.83. The minimum atomic E-state index is -0.234. The monoisotopic (exact) mass is 313 g/mol. The van der Waals surface area contributed by atoms with E-state index in [1.807, 2.05) is 19.0 Å². The van der Waals surface area contributed by atoms with Crippen molar-refractivity contribution in [2.75, 3.05) is 39.0 Å². The van der Waals surface area contributed by atoms with Gasteiger partial charge < -0.3 is 15.5 Å². The summed E-state index contributed by atoms with van der Waals surface area (Å²) in [7, 11) is 3.92. The number of nitrogens with zero attached hydrogens (tertiary/aromatic N) is 3. The molecule has 0 radical (unpaired) electrons. The van der Waals surface area contributed by atoms with Crippen LogP contribution in [0.3, 0.4) is 0 Å². The van der Waals surface area contributed by atoms with Crippen LogP contribution < -0.4 is 16.2 Å². The molecule has 1 aliphatic rings. The number of rotatable bonds is 7. The molecule has 0 spiro atoms. The lowest BCUT2D eigenvalue weighted by Gasteiger charge is -2.14. The van der Waals surface area contributed by atoms with Gasteiger partial charge in [-0.05, 0) is 39.9 Å². The maximum Gasteiger partial charge on any atom is 0.287 e. The van der Waals surface area contributed by atoms with Crippen LogP contribution in [0.2, 0.25) is 5.02 Å². The van der Waals surface area contributed by atoms with Crippen molar-refractivity contribution < 1.29 is 0 Å². The summed E-state index contributed by atoms with van der Waals surface area (Å²) < 4.78 is 1.41. The fourth-order valence-corrected chi connectivity index (χ4v) is 2.64. The average molecular weight is 314 g/mol. The topological polar surface area (TPSA) is 62.2 Å². The highest BCUT2D eigenvalue weighted by molar-refractivity contribution is 6.32. The molecule has 1 aliphatic heterocycles. The molecule has 1 fully saturated rings. The second kappa shape index (κ2) is 7.77. The number of anilines is 1. The highest BCUT2D eigenvalue weighted by atomic mass is 35.5. The lowest BCUT2D eigenvalue weighted by atomic mass is 10.1. The molecule has 2 N–H and O–H groups in total. The Balaban J connectivity index is 1.91. The SMILES string of the molecule is CN(C)CCn1ncc(NCC[C@@H]2CCCN2)c(Cl)c1=O. The largest absolute Gasteiger partial charge is 0.382 e. The van der Waals surface area contributed by atoms with Crippen LogP contribution in [0.15, 0.2) is 11.0 Å². The van der Waals surface area contributed by atoms with Crippen LogP contribution in [0.1, 0.15) is 19.3 Å². The number of likely N-dealkylation sites (N-methyl/N-ethyl adjacent to an activating group) is 1. The van der Waals surface area contributed by atoms with Crippen LogP contribution in [0, 0.1) is 0 Å². The molecule has 1 aromatic heterocycles. The van der Waals surface area contributed by atoms with E-state index in [1.165, 1.54) is 17.5 Å². The van der Waals surface area contributed by atoms with Gasteiger partial charge in [0.15, 0.2) is 0 Å². The van der Waals surface area contributed by atoms with Crippen molar-refractivity contribution in [1.29, 1.82) is 0 Å². The van der Waals surface area contributed by atoms with Crippen LogP contribution >= 0.6 is 11.6 Å². The van der Waals surface area contributed by atoms with Crippen molar-refractivity contribution in [2.24, 2.45) is 0 Å². The maximum atomic E-state index is 12.1. The Morgan fingerprint density at radius 2 is 2.38 bits per heavy atom. The molecule has 6 nitrogen and oxygen atoms in total. The predicted octanol–water partition coefficient (Wildman–Crippen LogP) is 1.01. The minimum Gasteiger partial charge on any atom is -0.382 e. The highest BCUT2D eigenvalue weighted by Crippen LogP contribution is 2.16. The van der Waals surface area contributed by atoms with Gasteiger partial charge in [-0.15, -0.1) is 0 Å². The Labute approximate surface area is 130 Å². The lowest BCUT2D eigenvalue weighted by molar-refractivity contribution is 0.367. The van der Waals surface area contributed by atoms with E-state index in [4.69, 9.17) is 11.6 Å². The molecular formula is C14H24ClN5O. The molecule has 0 saturated carbocycles. The maximum absolute atomic E-state index is 12.1. The minimum absolute atomic E-state index is 0.225. The highest BCUT2D eigenvalue weighted by Gasteiger charge is 2.14. The van der Waals surface area contributed by atoms with Gasteiger partial charge >= 0.3 is 0 Å². The van der Waals surface area contributed by atoms with E-state index in [9.17, 15) is 4.79 Å². The fraction of sp³-hybridized carbons (Fsp3) is 0.714. The Bertz CT molecular complexity index is 511. The molecule has 2 rings (SSSR count). The summed E-state index contributed by atoms with van der Waals surface area (Å²) in [6.45, 7) is 3.19. The van der Waals surface area contributed by atoms with E-state index in [1.54, 1.807) is 6.20 Å². The van der Waals surface area contributed by atoms with Crippen molar-refractivity contribution in [2.45, 2.75) is 31.8 Å². The third kappa shape index (κ3) is 4.69. The average Bonchev–Trinajstić information content (AvgIpc) is 2.95. The summed E-state index contributed by atoms with van der Waals surface area (Å²) in [5, 5.41) is 11.1. The molecule has 1 aromatic rings. The van der Waals surface area contributed by atoms with E-state index in [-0.39, 0.29) is 10.6 Å². The number of hydrogen-bond donors (Lipinski definition) is 2. The first kappa shape index (κ1) is 16.3. The van der Waals surface area contributed by atoms with Gasteiger partial charge in [0.05, 0.1) is 18.4 Å². The van der Waals surface area contributed by atoms with E-state index in [0.717, 1.165) is 26.1 Å². The predicted molar refractivity (Wildman–Crippen MR) is 86.2 cm³/mol. The third-order valence-corrected chi connectivity index (χ3v) is 4.08. The first-order valence-electron chi connectivity index (χ1n) is 7.45. The third-order valence-electron chi connectivity index (χ3n) is 3.71. The lowest BCUT2D eigenvalue weighted by Crippen LogP contribution is -2.29. The number of halogens is 1. The molecule has 1 atom stereocenters. The number of nitrogens with one attached hydrogen (secondary N) is 2. The molecule has 118 valence electrons. The Kier molecular flexibility index (Phi) is 6.02. The molecule has 0 aliphatic carbocycles. The second-order valence-corrected chi connectivity index (χ2v) is 6.09. The van der Waals surface area contributed by atoms with Crippen molar-refractivity contribution in [1.82, 2.24) is 20.0 Å². The zero-order valence-electron chi connectivity index (χ0n) is 12.7. The van der Waals surface area contributed by atoms with Gasteiger partial charge in [-0.2, -0.15) is 5.10 Å². The normalized spacial score (nSPS) is 18.4. The summed E-state index contributed by atoms with van der Waals surface area (Å²) in [4.78, 5) is 14.1. The molecule has 7 heteroatoms. The van der Waals surface area contributed by atoms with Crippen LogP contribution in [0.5, 0.6) is 0 Å². The summed E-state index contributed by atoms with van der Waals surface area (Å²) in [6, 6.07) is 0.574. The Morgan fingerprint density at radius 1 is 1.57 bits per heavy atom. The van der Waals surface area contributed by atoms with Crippen LogP contribution in [0.4, 0.5) is 5.69 Å². The Hall–Kier alpha value is -1.11. The van der Waals surface area contributed by atoms with Gasteiger partial charge in [0.2, 0.25) is 0 Å². The standard InChI is InChI=1S/C14H24ClN5O/c1-19(2)8-9-20-14(21)13(15)12(10-18-20)17-7-5-11-4-3-6-16-11/h10-11,16-17H,3-9H2,1-2H3/t11-/m0/s1. The Morgan fingerprint density at radius 3 is 3.05 bits per heavy atom. The second-order valence-electron chi connectivity index (χ2n) is 5.71. The van der Waals surface area contributed by atoms with E-state index in [0.29, 0.717) is 18.3 Å². The van der Waals surface area contributed by atoms with Gasteiger partial charge in [-0.25, -0.2) is 4.68 Å². The van der Waals surface area contributed by atoms with Gasteiger partial charge in [-0.1, -0.05) is 11.6 Å². The first-order chi connectivity index (χ1) is 10.1. The van der Waals surface area contributed by atoms with Gasteiger partial charge in [0.25, 0.3) is 5.56 Å². The number of hydrogen-bond acceptors (Lipinski definition) is 5.